The van der Waals surface area contributed by atoms with Gasteiger partial charge in [0.25, 0.3) is 0 Å². The zero-order valence-corrected chi connectivity index (χ0v) is 38.4. The van der Waals surface area contributed by atoms with Gasteiger partial charge in [-0.25, -0.2) is 4.57 Å². The summed E-state index contributed by atoms with van der Waals surface area (Å²) < 4.78 is 32.8. The number of phosphoric ester groups is 1. The summed E-state index contributed by atoms with van der Waals surface area (Å²) in [4.78, 5) is 35.0. The van der Waals surface area contributed by atoms with Crippen LogP contribution in [0.5, 0.6) is 0 Å². The van der Waals surface area contributed by atoms with Gasteiger partial charge >= 0.3 is 19.8 Å². The van der Waals surface area contributed by atoms with E-state index in [0.29, 0.717) is 6.42 Å². The predicted octanol–water partition coefficient (Wildman–Crippen LogP) is 13.8. The molecule has 0 saturated carbocycles. The van der Waals surface area contributed by atoms with Crippen LogP contribution in [-0.4, -0.2) is 49.3 Å². The van der Waals surface area contributed by atoms with Crippen molar-refractivity contribution in [1.29, 1.82) is 0 Å². The van der Waals surface area contributed by atoms with E-state index in [0.717, 1.165) is 89.9 Å². The number of hydrogen-bond acceptors (Lipinski definition) is 8. The van der Waals surface area contributed by atoms with Gasteiger partial charge in [0.05, 0.1) is 13.2 Å². The molecule has 0 bridgehead atoms. The van der Waals surface area contributed by atoms with Gasteiger partial charge in [0, 0.05) is 19.4 Å². The maximum absolute atomic E-state index is 12.6. The molecule has 0 aliphatic rings. The molecule has 0 rings (SSSR count). The fourth-order valence-corrected chi connectivity index (χ4v) is 6.89. The third kappa shape index (κ3) is 44.8. The second-order valence-corrected chi connectivity index (χ2v) is 16.7. The van der Waals surface area contributed by atoms with Crippen molar-refractivity contribution in [2.45, 2.75) is 200 Å². The molecular weight excluding hydrogens is 762 g/mol. The van der Waals surface area contributed by atoms with Crippen LogP contribution >= 0.6 is 7.82 Å². The van der Waals surface area contributed by atoms with E-state index in [1.165, 1.54) is 70.6 Å². The first-order valence-electron chi connectivity index (χ1n) is 23.4. The molecule has 0 aromatic carbocycles. The molecule has 9 nitrogen and oxygen atoms in total. The Morgan fingerprint density at radius 1 is 0.525 bits per heavy atom. The molecule has 0 aromatic heterocycles. The fraction of sp³-hybridized carbons (Fsp3) is 0.714. The number of carbonyl (C=O) groups excluding carboxylic acids is 2. The summed E-state index contributed by atoms with van der Waals surface area (Å²) in [5.41, 5.74) is 5.36. The van der Waals surface area contributed by atoms with E-state index in [-0.39, 0.29) is 32.6 Å². The molecule has 2 unspecified atom stereocenters. The number of unbranched alkanes of at least 4 members (excludes halogenated alkanes) is 18. The molecule has 0 radical (unpaired) electrons. The van der Waals surface area contributed by atoms with Gasteiger partial charge in [-0.15, -0.1) is 0 Å². The number of rotatable bonds is 43. The monoisotopic (exact) mass is 848 g/mol. The van der Waals surface area contributed by atoms with Crippen LogP contribution in [0, 0.1) is 0 Å². The van der Waals surface area contributed by atoms with Crippen molar-refractivity contribution in [3.8, 4) is 0 Å². The summed E-state index contributed by atoms with van der Waals surface area (Å²) in [7, 11) is -4.39. The molecule has 0 aromatic rings. The lowest BCUT2D eigenvalue weighted by Gasteiger charge is -2.19. The Bertz CT molecular complexity index is 1190. The summed E-state index contributed by atoms with van der Waals surface area (Å²) in [5.74, 6) is -0.850. The Balaban J connectivity index is 4.14. The van der Waals surface area contributed by atoms with Crippen LogP contribution in [0.25, 0.3) is 0 Å². The zero-order valence-electron chi connectivity index (χ0n) is 37.5. The maximum atomic E-state index is 12.6. The Morgan fingerprint density at radius 3 is 1.39 bits per heavy atom. The van der Waals surface area contributed by atoms with Gasteiger partial charge in [-0.2, -0.15) is 0 Å². The number of ether oxygens (including phenoxy) is 2. The van der Waals surface area contributed by atoms with Crippen LogP contribution in [0.15, 0.2) is 72.9 Å². The number of carbonyl (C=O) groups is 2. The number of esters is 2. The van der Waals surface area contributed by atoms with Gasteiger partial charge in [0.15, 0.2) is 6.10 Å². The van der Waals surface area contributed by atoms with Gasteiger partial charge in [-0.05, 0) is 83.5 Å². The van der Waals surface area contributed by atoms with E-state index < -0.39 is 32.5 Å². The Labute approximate surface area is 361 Å². The number of phosphoric acid groups is 1. The highest BCUT2D eigenvalue weighted by atomic mass is 31.2. The highest BCUT2D eigenvalue weighted by Crippen LogP contribution is 2.43. The van der Waals surface area contributed by atoms with Crippen LogP contribution in [0.1, 0.15) is 194 Å². The Kier molecular flexibility index (Phi) is 43.0. The lowest BCUT2D eigenvalue weighted by Crippen LogP contribution is -2.29. The number of allylic oxidation sites excluding steroid dienone is 12. The van der Waals surface area contributed by atoms with Crippen molar-refractivity contribution in [2.24, 2.45) is 5.73 Å². The molecule has 340 valence electrons. The van der Waals surface area contributed by atoms with Crippen molar-refractivity contribution in [1.82, 2.24) is 0 Å². The third-order valence-corrected chi connectivity index (χ3v) is 10.6. The molecule has 0 heterocycles. The summed E-state index contributed by atoms with van der Waals surface area (Å²) in [6.07, 6.45) is 55.0. The normalized spacial score (nSPS) is 13.9. The minimum absolute atomic E-state index is 0.0474. The van der Waals surface area contributed by atoms with E-state index in [2.05, 4.69) is 86.8 Å². The molecule has 10 heteroatoms. The van der Waals surface area contributed by atoms with Crippen molar-refractivity contribution < 1.29 is 37.6 Å². The van der Waals surface area contributed by atoms with Gasteiger partial charge in [-0.3, -0.25) is 18.6 Å². The minimum Gasteiger partial charge on any atom is -0.462 e. The number of hydrogen-bond donors (Lipinski definition) is 2. The molecule has 0 amide bonds. The first-order chi connectivity index (χ1) is 28.8. The molecule has 0 fully saturated rings. The average molecular weight is 848 g/mol. The molecule has 0 aliphatic heterocycles. The smallest absolute Gasteiger partial charge is 0.462 e. The lowest BCUT2D eigenvalue weighted by atomic mass is 10.1. The highest BCUT2D eigenvalue weighted by molar-refractivity contribution is 7.47. The molecule has 2 atom stereocenters. The molecule has 0 spiro atoms. The highest BCUT2D eigenvalue weighted by Gasteiger charge is 2.26. The third-order valence-electron chi connectivity index (χ3n) is 9.58. The lowest BCUT2D eigenvalue weighted by molar-refractivity contribution is -0.161. The molecule has 59 heavy (non-hydrogen) atoms. The van der Waals surface area contributed by atoms with Gasteiger partial charge in [0.2, 0.25) is 0 Å². The summed E-state index contributed by atoms with van der Waals surface area (Å²) >= 11 is 0. The van der Waals surface area contributed by atoms with E-state index in [9.17, 15) is 19.0 Å². The Hall–Kier alpha value is -2.55. The quantitative estimate of drug-likeness (QED) is 0.0266. The number of nitrogens with two attached hydrogens (primary N) is 1. The van der Waals surface area contributed by atoms with Crippen molar-refractivity contribution in [3.05, 3.63) is 72.9 Å². The van der Waals surface area contributed by atoms with Crippen molar-refractivity contribution in [3.63, 3.8) is 0 Å². The molecule has 0 aliphatic carbocycles. The van der Waals surface area contributed by atoms with E-state index >= 15 is 0 Å². The summed E-state index contributed by atoms with van der Waals surface area (Å²) in [6, 6.07) is 0. The predicted molar refractivity (Wildman–Crippen MR) is 247 cm³/mol. The second kappa shape index (κ2) is 45.0. The zero-order chi connectivity index (χ0) is 43.2. The first kappa shape index (κ1) is 56.5. The standard InChI is InChI=1S/C49H86NO8P/c1-3-5-7-9-11-13-15-17-19-21-22-23-24-26-28-30-32-34-36-38-40-42-49(52)58-47(46-57-59(53,54)56-44-43-50)45-55-48(51)41-39-37-35-33-31-29-27-25-20-18-16-14-12-10-8-6-4-2/h5,7,11-14,17-20,22-23,47H,3-4,6,8-10,15-16,21,24-46,50H2,1-2H3,(H,53,54)/b7-5-,13-11-,14-12-,19-17-,20-18-,23-22-. The molecule has 0 saturated heterocycles. The maximum Gasteiger partial charge on any atom is 0.472 e. The first-order valence-corrected chi connectivity index (χ1v) is 24.9. The fourth-order valence-electron chi connectivity index (χ4n) is 6.13. The molecular formula is C49H86NO8P. The summed E-state index contributed by atoms with van der Waals surface area (Å²) in [5, 5.41) is 0. The van der Waals surface area contributed by atoms with Crippen LogP contribution in [0.2, 0.25) is 0 Å². The van der Waals surface area contributed by atoms with E-state index in [4.69, 9.17) is 24.3 Å². The van der Waals surface area contributed by atoms with E-state index in [1.54, 1.807) is 0 Å². The summed E-state index contributed by atoms with van der Waals surface area (Å²) in [6.45, 7) is 3.58. The van der Waals surface area contributed by atoms with Gasteiger partial charge < -0.3 is 20.1 Å². The van der Waals surface area contributed by atoms with Crippen LogP contribution in [0.4, 0.5) is 0 Å². The molecule has 3 N–H and O–H groups in total. The van der Waals surface area contributed by atoms with Crippen molar-refractivity contribution >= 4 is 19.8 Å². The minimum atomic E-state index is -4.39. The van der Waals surface area contributed by atoms with Crippen LogP contribution < -0.4 is 5.73 Å². The van der Waals surface area contributed by atoms with Crippen LogP contribution in [-0.2, 0) is 32.7 Å². The van der Waals surface area contributed by atoms with Crippen LogP contribution in [0.3, 0.4) is 0 Å². The SMILES string of the molecule is CC/C=C\C/C=C\C/C=C\C/C=C\CCCCCCCCCCC(=O)OC(COC(=O)CCCCCCCCC/C=C\C/C=C\CCCCC)COP(=O)(O)OCCN. The van der Waals surface area contributed by atoms with Gasteiger partial charge in [0.1, 0.15) is 6.61 Å². The van der Waals surface area contributed by atoms with Gasteiger partial charge in [-0.1, -0.05) is 170 Å². The Morgan fingerprint density at radius 2 is 0.932 bits per heavy atom. The average Bonchev–Trinajstić information content (AvgIpc) is 3.22. The van der Waals surface area contributed by atoms with Crippen molar-refractivity contribution in [2.75, 3.05) is 26.4 Å². The topological polar surface area (TPSA) is 134 Å². The van der Waals surface area contributed by atoms with E-state index in [1.807, 2.05) is 0 Å². The largest absolute Gasteiger partial charge is 0.472 e. The second-order valence-electron chi connectivity index (χ2n) is 15.2.